The number of carbonyl (C=O) groups is 1. The molecule has 4 nitrogen and oxygen atoms in total. The minimum absolute atomic E-state index is 0.0275. The molecule has 0 saturated carbocycles. The Labute approximate surface area is 126 Å². The Bertz CT molecular complexity index is 422. The molecule has 0 aromatic carbocycles. The van der Waals surface area contributed by atoms with Gasteiger partial charge in [0.2, 0.25) is 0 Å². The topological polar surface area (TPSA) is 45.2 Å². The first-order chi connectivity index (χ1) is 9.38. The fraction of sp³-hybridized carbons (Fsp3) is 0.600. The van der Waals surface area contributed by atoms with Gasteiger partial charge in [-0.25, -0.2) is 0 Å². The zero-order chi connectivity index (χ0) is 15.2. The molecule has 0 bridgehead atoms. The van der Waals surface area contributed by atoms with E-state index in [1.807, 2.05) is 12.1 Å². The van der Waals surface area contributed by atoms with Crippen LogP contribution in [-0.2, 0) is 0 Å². The van der Waals surface area contributed by atoms with Gasteiger partial charge in [-0.3, -0.25) is 0 Å². The zero-order valence-electron chi connectivity index (χ0n) is 13.4. The van der Waals surface area contributed by atoms with E-state index < -0.39 is 18.4 Å². The summed E-state index contributed by atoms with van der Waals surface area (Å²) < 4.78 is 1.21. The number of likely N-dealkylation sites (N-methyl/N-ethyl adjacent to an activating group) is 1. The molecule has 20 heavy (non-hydrogen) atoms. The van der Waals surface area contributed by atoms with Crippen LogP contribution in [0.1, 0.15) is 24.2 Å². The third kappa shape index (κ3) is 5.40. The number of pyridine rings is 1. The summed E-state index contributed by atoms with van der Waals surface area (Å²) in [6.07, 6.45) is 1.71. The van der Waals surface area contributed by atoms with E-state index in [1.165, 1.54) is 3.71 Å². The number of nitrogens with zero attached hydrogens (tertiary/aromatic N) is 2. The van der Waals surface area contributed by atoms with Crippen molar-refractivity contribution in [2.45, 2.75) is 28.7 Å². The van der Waals surface area contributed by atoms with Crippen LogP contribution in [0.2, 0.25) is 14.8 Å². The fourth-order valence-corrected chi connectivity index (χ4v) is 4.90. The van der Waals surface area contributed by atoms with Crippen molar-refractivity contribution >= 4 is 28.0 Å². The van der Waals surface area contributed by atoms with Gasteiger partial charge in [-0.05, 0) is 0 Å². The molecular formula is C15H27N3OSn. The number of carbonyl (C=O) groups excluding carboxylic acids is 1. The van der Waals surface area contributed by atoms with E-state index in [0.29, 0.717) is 12.1 Å². The molecule has 112 valence electrons. The first-order valence-electron chi connectivity index (χ1n) is 7.35. The van der Waals surface area contributed by atoms with Crippen LogP contribution in [0.5, 0.6) is 0 Å². The third-order valence-corrected chi connectivity index (χ3v) is 8.63. The van der Waals surface area contributed by atoms with Crippen molar-refractivity contribution in [3.63, 3.8) is 0 Å². The Hall–Kier alpha value is -0.621. The van der Waals surface area contributed by atoms with Crippen molar-refractivity contribution in [2.75, 3.05) is 26.2 Å². The van der Waals surface area contributed by atoms with Crippen LogP contribution in [0.15, 0.2) is 18.3 Å². The second kappa shape index (κ2) is 7.98. The molecule has 0 aliphatic rings. The summed E-state index contributed by atoms with van der Waals surface area (Å²) in [6.45, 7) is 7.87. The minimum atomic E-state index is -2.11. The maximum atomic E-state index is 12.0. The van der Waals surface area contributed by atoms with Crippen molar-refractivity contribution in [3.8, 4) is 0 Å². The summed E-state index contributed by atoms with van der Waals surface area (Å²) in [4.78, 5) is 25.7. The standard InChI is InChI=1S/C12H18N3O.3CH3.Sn/c1-3-15(4-2)9-8-14-12(16)11-6-5-7-13-10-11;;;;/h5-6,10H,3-4,8-9H2,1-2H3,(H,14,16);3*1H3;. The monoisotopic (exact) mass is 385 g/mol. The molecule has 0 aliphatic carbocycles. The van der Waals surface area contributed by atoms with Crippen molar-refractivity contribution in [1.82, 2.24) is 15.2 Å². The predicted octanol–water partition coefficient (Wildman–Crippen LogP) is 1.70. The van der Waals surface area contributed by atoms with E-state index in [9.17, 15) is 4.79 Å². The average molecular weight is 384 g/mol. The van der Waals surface area contributed by atoms with Crippen molar-refractivity contribution in [1.29, 1.82) is 0 Å². The van der Waals surface area contributed by atoms with Gasteiger partial charge in [0.05, 0.1) is 0 Å². The summed E-state index contributed by atoms with van der Waals surface area (Å²) in [5.41, 5.74) is 0.656. The van der Waals surface area contributed by atoms with Gasteiger partial charge in [0.15, 0.2) is 0 Å². The summed E-state index contributed by atoms with van der Waals surface area (Å²) in [6, 6.07) is 3.92. The van der Waals surface area contributed by atoms with E-state index >= 15 is 0 Å². The third-order valence-electron chi connectivity index (χ3n) is 3.40. The Morgan fingerprint density at radius 2 is 1.90 bits per heavy atom. The van der Waals surface area contributed by atoms with Crippen LogP contribution < -0.4 is 9.03 Å². The second-order valence-electron chi connectivity index (χ2n) is 5.96. The molecule has 0 aliphatic heterocycles. The molecule has 0 fully saturated rings. The van der Waals surface area contributed by atoms with Crippen LogP contribution in [-0.4, -0.2) is 60.3 Å². The molecule has 0 unspecified atom stereocenters. The first kappa shape index (κ1) is 17.4. The molecular weight excluding hydrogens is 357 g/mol. The molecule has 1 heterocycles. The van der Waals surface area contributed by atoms with Crippen molar-refractivity contribution in [3.05, 3.63) is 23.9 Å². The van der Waals surface area contributed by atoms with Gasteiger partial charge in [-0.15, -0.1) is 0 Å². The van der Waals surface area contributed by atoms with E-state index in [-0.39, 0.29) is 5.91 Å². The number of aromatic nitrogens is 1. The Morgan fingerprint density at radius 1 is 1.25 bits per heavy atom. The molecule has 1 N–H and O–H groups in total. The van der Waals surface area contributed by atoms with Gasteiger partial charge in [0, 0.05) is 0 Å². The number of amides is 1. The molecule has 1 amide bonds. The van der Waals surface area contributed by atoms with E-state index in [2.05, 4.69) is 43.9 Å². The van der Waals surface area contributed by atoms with E-state index in [4.69, 9.17) is 0 Å². The van der Waals surface area contributed by atoms with Gasteiger partial charge in [-0.2, -0.15) is 0 Å². The Balaban J connectivity index is 2.52. The summed E-state index contributed by atoms with van der Waals surface area (Å²) in [5, 5.41) is 2.95. The van der Waals surface area contributed by atoms with Crippen LogP contribution >= 0.6 is 0 Å². The molecule has 0 saturated heterocycles. The van der Waals surface area contributed by atoms with Crippen LogP contribution in [0.4, 0.5) is 0 Å². The molecule has 5 heteroatoms. The average Bonchev–Trinajstić information content (AvgIpc) is 2.42. The van der Waals surface area contributed by atoms with Crippen LogP contribution in [0.3, 0.4) is 0 Å². The van der Waals surface area contributed by atoms with Gasteiger partial charge in [-0.1, -0.05) is 0 Å². The number of rotatable bonds is 7. The molecule has 1 aromatic rings. The zero-order valence-corrected chi connectivity index (χ0v) is 16.2. The summed E-state index contributed by atoms with van der Waals surface area (Å²) >= 11 is -2.11. The maximum absolute atomic E-state index is 12.0. The quantitative estimate of drug-likeness (QED) is 0.729. The number of nitrogens with one attached hydrogen (secondary N) is 1. The fourth-order valence-electron chi connectivity index (χ4n) is 1.94. The molecule has 0 spiro atoms. The normalized spacial score (nSPS) is 11.7. The van der Waals surface area contributed by atoms with Crippen molar-refractivity contribution in [2.24, 2.45) is 0 Å². The first-order valence-corrected chi connectivity index (χ1v) is 17.3. The van der Waals surface area contributed by atoms with Gasteiger partial charge in [0.1, 0.15) is 0 Å². The molecule has 1 aromatic heterocycles. The van der Waals surface area contributed by atoms with E-state index in [1.54, 1.807) is 6.20 Å². The van der Waals surface area contributed by atoms with Crippen LogP contribution in [0, 0.1) is 0 Å². The Kier molecular flexibility index (Phi) is 6.95. The second-order valence-corrected chi connectivity index (χ2v) is 20.3. The Morgan fingerprint density at radius 3 is 2.35 bits per heavy atom. The SMILES string of the molecule is CCN(CC)CCNC(=O)c1cc[c]([Sn]([CH3])([CH3])[CH3])nc1. The van der Waals surface area contributed by atoms with Crippen LogP contribution in [0.25, 0.3) is 0 Å². The molecule has 0 atom stereocenters. The predicted molar refractivity (Wildman–Crippen MR) is 87.3 cm³/mol. The van der Waals surface area contributed by atoms with Gasteiger partial charge in [0.25, 0.3) is 0 Å². The van der Waals surface area contributed by atoms with Gasteiger partial charge < -0.3 is 0 Å². The van der Waals surface area contributed by atoms with E-state index in [0.717, 1.165) is 19.6 Å². The summed E-state index contributed by atoms with van der Waals surface area (Å²) in [5.74, 6) is -0.0275. The molecule has 0 radical (unpaired) electrons. The number of hydrogen-bond donors (Lipinski definition) is 1. The number of hydrogen-bond acceptors (Lipinski definition) is 3. The summed E-state index contributed by atoms with van der Waals surface area (Å²) in [7, 11) is 0. The van der Waals surface area contributed by atoms with Crippen molar-refractivity contribution < 1.29 is 4.79 Å². The molecule has 1 rings (SSSR count). The van der Waals surface area contributed by atoms with Gasteiger partial charge >= 0.3 is 127 Å².